The van der Waals surface area contributed by atoms with E-state index < -0.39 is 18.5 Å². The van der Waals surface area contributed by atoms with Gasteiger partial charge in [-0.2, -0.15) is 18.4 Å². The molecule has 1 fully saturated rings. The Kier molecular flexibility index (Phi) is 3.76. The molecule has 102 valence electrons. The van der Waals surface area contributed by atoms with E-state index in [1.807, 2.05) is 0 Å². The number of rotatable bonds is 4. The third-order valence-corrected chi connectivity index (χ3v) is 3.00. The van der Waals surface area contributed by atoms with Gasteiger partial charge in [0.1, 0.15) is 5.82 Å². The Bertz CT molecular complexity index is 500. The molecule has 1 aliphatic carbocycles. The Balaban J connectivity index is 2.11. The molecule has 1 aliphatic rings. The van der Waals surface area contributed by atoms with Crippen LogP contribution >= 0.6 is 0 Å². The number of nitriles is 1. The summed E-state index contributed by atoms with van der Waals surface area (Å²) in [6.07, 6.45) is -2.85. The minimum absolute atomic E-state index is 0.0816. The highest BCUT2D eigenvalue weighted by molar-refractivity contribution is 5.32. The first kappa shape index (κ1) is 13.8. The number of nitrogens with zero attached hydrogens (tertiary/aromatic N) is 2. The molecular formula is C13H12F4N2. The summed E-state index contributed by atoms with van der Waals surface area (Å²) in [6, 6.07) is 5.51. The van der Waals surface area contributed by atoms with E-state index in [2.05, 4.69) is 0 Å². The topological polar surface area (TPSA) is 27.0 Å². The predicted octanol–water partition coefficient (Wildman–Crippen LogP) is 3.22. The molecule has 1 aromatic rings. The molecule has 0 spiro atoms. The first-order valence-corrected chi connectivity index (χ1v) is 5.88. The second-order valence-electron chi connectivity index (χ2n) is 4.67. The van der Waals surface area contributed by atoms with Crippen molar-refractivity contribution >= 4 is 0 Å². The van der Waals surface area contributed by atoms with Gasteiger partial charge in [0.05, 0.1) is 18.2 Å². The monoisotopic (exact) mass is 272 g/mol. The minimum atomic E-state index is -4.29. The van der Waals surface area contributed by atoms with Crippen LogP contribution in [0.15, 0.2) is 18.2 Å². The molecule has 0 bridgehead atoms. The maximum Gasteiger partial charge on any atom is 0.401 e. The molecule has 6 heteroatoms. The summed E-state index contributed by atoms with van der Waals surface area (Å²) in [5, 5.41) is 8.61. The lowest BCUT2D eigenvalue weighted by Crippen LogP contribution is -2.35. The van der Waals surface area contributed by atoms with Crippen molar-refractivity contribution in [3.8, 4) is 6.07 Å². The number of alkyl halides is 3. The smallest absolute Gasteiger partial charge is 0.288 e. The average Bonchev–Trinajstić information content (AvgIpc) is 3.12. The van der Waals surface area contributed by atoms with Crippen molar-refractivity contribution in [2.75, 3.05) is 6.54 Å². The highest BCUT2D eigenvalue weighted by Gasteiger charge is 2.38. The molecule has 0 unspecified atom stereocenters. The molecule has 0 heterocycles. The van der Waals surface area contributed by atoms with Crippen LogP contribution in [-0.2, 0) is 6.54 Å². The van der Waals surface area contributed by atoms with Crippen molar-refractivity contribution in [1.29, 1.82) is 5.26 Å². The molecular weight excluding hydrogens is 260 g/mol. The largest absolute Gasteiger partial charge is 0.401 e. The van der Waals surface area contributed by atoms with Crippen molar-refractivity contribution < 1.29 is 17.6 Å². The van der Waals surface area contributed by atoms with Crippen LogP contribution in [0.2, 0.25) is 0 Å². The maximum absolute atomic E-state index is 13.7. The Morgan fingerprint density at radius 1 is 1.32 bits per heavy atom. The molecule has 0 amide bonds. The first-order chi connectivity index (χ1) is 8.89. The molecule has 0 saturated heterocycles. The lowest BCUT2D eigenvalue weighted by atomic mass is 10.1. The van der Waals surface area contributed by atoms with Gasteiger partial charge in [0, 0.05) is 18.2 Å². The van der Waals surface area contributed by atoms with E-state index in [0.29, 0.717) is 12.8 Å². The molecule has 0 aliphatic heterocycles. The Morgan fingerprint density at radius 2 is 2.00 bits per heavy atom. The van der Waals surface area contributed by atoms with Crippen molar-refractivity contribution in [3.05, 3.63) is 35.1 Å². The fourth-order valence-corrected chi connectivity index (χ4v) is 1.95. The van der Waals surface area contributed by atoms with Gasteiger partial charge in [0.15, 0.2) is 0 Å². The van der Waals surface area contributed by atoms with Crippen LogP contribution in [0.5, 0.6) is 0 Å². The van der Waals surface area contributed by atoms with Gasteiger partial charge < -0.3 is 0 Å². The normalized spacial score (nSPS) is 15.6. The summed E-state index contributed by atoms with van der Waals surface area (Å²) >= 11 is 0. The zero-order chi connectivity index (χ0) is 14.0. The molecule has 19 heavy (non-hydrogen) atoms. The van der Waals surface area contributed by atoms with E-state index in [1.54, 1.807) is 6.07 Å². The SMILES string of the molecule is N#Cc1ccc(CN(CC(F)(F)F)C2CC2)c(F)c1. The molecule has 1 saturated carbocycles. The molecule has 0 N–H and O–H groups in total. The van der Waals surface area contributed by atoms with Gasteiger partial charge in [-0.05, 0) is 25.0 Å². The van der Waals surface area contributed by atoms with Gasteiger partial charge in [-0.25, -0.2) is 4.39 Å². The lowest BCUT2D eigenvalue weighted by molar-refractivity contribution is -0.148. The van der Waals surface area contributed by atoms with Crippen molar-refractivity contribution in [3.63, 3.8) is 0 Å². The van der Waals surface area contributed by atoms with Gasteiger partial charge in [-0.1, -0.05) is 6.07 Å². The number of hydrogen-bond donors (Lipinski definition) is 0. The van der Waals surface area contributed by atoms with E-state index in [-0.39, 0.29) is 23.7 Å². The summed E-state index contributed by atoms with van der Waals surface area (Å²) in [5.74, 6) is -0.633. The molecule has 2 nitrogen and oxygen atoms in total. The predicted molar refractivity (Wildman–Crippen MR) is 60.6 cm³/mol. The van der Waals surface area contributed by atoms with Crippen LogP contribution in [0.4, 0.5) is 17.6 Å². The van der Waals surface area contributed by atoms with E-state index in [4.69, 9.17) is 5.26 Å². The molecule has 0 aromatic heterocycles. The number of halogens is 4. The van der Waals surface area contributed by atoms with E-state index in [0.717, 1.165) is 6.07 Å². The zero-order valence-electron chi connectivity index (χ0n) is 10.0. The fraction of sp³-hybridized carbons (Fsp3) is 0.462. The van der Waals surface area contributed by atoms with Gasteiger partial charge >= 0.3 is 6.18 Å². The van der Waals surface area contributed by atoms with Crippen LogP contribution in [0.3, 0.4) is 0 Å². The molecule has 0 atom stereocenters. The number of hydrogen-bond acceptors (Lipinski definition) is 2. The summed E-state index contributed by atoms with van der Waals surface area (Å²) in [7, 11) is 0. The van der Waals surface area contributed by atoms with Crippen molar-refractivity contribution in [2.45, 2.75) is 31.6 Å². The highest BCUT2D eigenvalue weighted by atomic mass is 19.4. The van der Waals surface area contributed by atoms with E-state index in [9.17, 15) is 17.6 Å². The third kappa shape index (κ3) is 3.93. The Morgan fingerprint density at radius 3 is 2.47 bits per heavy atom. The van der Waals surface area contributed by atoms with Gasteiger partial charge in [0.25, 0.3) is 0 Å². The molecule has 0 radical (unpaired) electrons. The maximum atomic E-state index is 13.7. The van der Waals surface area contributed by atoms with Crippen LogP contribution in [0.1, 0.15) is 24.0 Å². The van der Waals surface area contributed by atoms with Crippen LogP contribution in [0, 0.1) is 17.1 Å². The summed E-state index contributed by atoms with van der Waals surface area (Å²) in [6.45, 7) is -1.11. The standard InChI is InChI=1S/C13H12F4N2/c14-12-5-9(6-18)1-2-10(12)7-19(11-3-4-11)8-13(15,16)17/h1-2,5,11H,3-4,7-8H2. The summed E-state index contributed by atoms with van der Waals surface area (Å²) < 4.78 is 51.0. The number of benzene rings is 1. The Hall–Kier alpha value is -1.61. The second-order valence-corrected chi connectivity index (χ2v) is 4.67. The molecule has 1 aromatic carbocycles. The van der Waals surface area contributed by atoms with Crippen LogP contribution in [-0.4, -0.2) is 23.7 Å². The third-order valence-electron chi connectivity index (χ3n) is 3.00. The summed E-state index contributed by atoms with van der Waals surface area (Å²) in [4.78, 5) is 1.24. The zero-order valence-corrected chi connectivity index (χ0v) is 10.0. The average molecular weight is 272 g/mol. The minimum Gasteiger partial charge on any atom is -0.288 e. The van der Waals surface area contributed by atoms with Gasteiger partial charge in [-0.15, -0.1) is 0 Å². The Labute approximate surface area is 108 Å². The molecule has 2 rings (SSSR count). The van der Waals surface area contributed by atoms with Crippen LogP contribution in [0.25, 0.3) is 0 Å². The fourth-order valence-electron chi connectivity index (χ4n) is 1.95. The highest BCUT2D eigenvalue weighted by Crippen LogP contribution is 2.31. The second kappa shape index (κ2) is 5.17. The first-order valence-electron chi connectivity index (χ1n) is 5.88. The van der Waals surface area contributed by atoms with Crippen molar-refractivity contribution in [1.82, 2.24) is 4.90 Å². The van der Waals surface area contributed by atoms with Crippen LogP contribution < -0.4 is 0 Å². The quantitative estimate of drug-likeness (QED) is 0.787. The van der Waals surface area contributed by atoms with Gasteiger partial charge in [0.2, 0.25) is 0 Å². The van der Waals surface area contributed by atoms with E-state index in [1.165, 1.54) is 17.0 Å². The lowest BCUT2D eigenvalue weighted by Gasteiger charge is -2.23. The van der Waals surface area contributed by atoms with E-state index >= 15 is 0 Å². The summed E-state index contributed by atoms with van der Waals surface area (Å²) in [5.41, 5.74) is 0.352. The van der Waals surface area contributed by atoms with Crippen molar-refractivity contribution in [2.24, 2.45) is 0 Å². The van der Waals surface area contributed by atoms with Gasteiger partial charge in [-0.3, -0.25) is 4.90 Å².